The zero-order valence-corrected chi connectivity index (χ0v) is 16.3. The van der Waals surface area contributed by atoms with Crippen molar-refractivity contribution in [1.82, 2.24) is 14.8 Å². The fourth-order valence-electron chi connectivity index (χ4n) is 2.97. The average molecular weight is 396 g/mol. The number of ether oxygens (including phenoxy) is 1. The van der Waals surface area contributed by atoms with Crippen LogP contribution in [0, 0.1) is 0 Å². The van der Waals surface area contributed by atoms with Gasteiger partial charge in [0.2, 0.25) is 11.9 Å². The minimum Gasteiger partial charge on any atom is -0.465 e. The number of thiophene rings is 1. The van der Waals surface area contributed by atoms with Gasteiger partial charge in [0.1, 0.15) is 11.5 Å². The molecule has 0 bridgehead atoms. The van der Waals surface area contributed by atoms with Gasteiger partial charge in [-0.3, -0.25) is 9.36 Å². The summed E-state index contributed by atoms with van der Waals surface area (Å²) in [6, 6.07) is 0. The highest BCUT2D eigenvalue weighted by molar-refractivity contribution is 7.99. The van der Waals surface area contributed by atoms with E-state index < -0.39 is 5.97 Å². The Morgan fingerprint density at radius 2 is 2.12 bits per heavy atom. The van der Waals surface area contributed by atoms with E-state index in [0.29, 0.717) is 15.7 Å². The van der Waals surface area contributed by atoms with Crippen LogP contribution in [0.4, 0.5) is 10.9 Å². The maximum absolute atomic E-state index is 12.6. The summed E-state index contributed by atoms with van der Waals surface area (Å²) < 4.78 is 6.49. The molecule has 0 spiro atoms. The first kappa shape index (κ1) is 18.7. The van der Waals surface area contributed by atoms with Gasteiger partial charge in [0, 0.05) is 4.88 Å². The largest absolute Gasteiger partial charge is 0.465 e. The second-order valence-corrected chi connectivity index (χ2v) is 8.15. The van der Waals surface area contributed by atoms with E-state index in [0.717, 1.165) is 41.9 Å². The molecular formula is C16H21N5O3S2. The number of amides is 1. The number of anilines is 2. The third-order valence-corrected chi connectivity index (χ3v) is 6.19. The summed E-state index contributed by atoms with van der Waals surface area (Å²) >= 11 is 2.92. The molecule has 2 aromatic heterocycles. The molecule has 0 unspecified atom stereocenters. The van der Waals surface area contributed by atoms with Crippen LogP contribution in [0.25, 0.3) is 0 Å². The summed E-state index contributed by atoms with van der Waals surface area (Å²) in [6.07, 6.45) is 3.89. The van der Waals surface area contributed by atoms with Crippen molar-refractivity contribution >= 4 is 45.9 Å². The Bertz CT molecular complexity index is 830. The molecule has 2 aromatic rings. The fourth-order valence-corrected chi connectivity index (χ4v) is 4.93. The molecule has 0 fully saturated rings. The summed E-state index contributed by atoms with van der Waals surface area (Å²) in [5.74, 6) is 0.294. The van der Waals surface area contributed by atoms with Gasteiger partial charge in [0.25, 0.3) is 0 Å². The second kappa shape index (κ2) is 8.09. The van der Waals surface area contributed by atoms with E-state index in [9.17, 15) is 9.59 Å². The summed E-state index contributed by atoms with van der Waals surface area (Å²) in [5, 5.41) is 11.8. The van der Waals surface area contributed by atoms with E-state index in [2.05, 4.69) is 15.5 Å². The highest BCUT2D eigenvalue weighted by atomic mass is 32.2. The molecular weight excluding hydrogens is 374 g/mol. The zero-order chi connectivity index (χ0) is 18.7. The molecule has 0 atom stereocenters. The van der Waals surface area contributed by atoms with Crippen LogP contribution in [-0.2, 0) is 28.9 Å². The standard InChI is InChI=1S/C16H21N5O3S2/c1-3-25-16-20-19-15(17)21(16)8-11(22)18-13-12(14(23)24-2)9-6-4-5-7-10(9)26-13/h3-8H2,1-2H3,(H2,17,19)(H,18,22). The number of carbonyl (C=O) groups excluding carboxylic acids is 2. The van der Waals surface area contributed by atoms with Crippen LogP contribution in [0.3, 0.4) is 0 Å². The molecule has 1 amide bonds. The third kappa shape index (κ3) is 3.70. The van der Waals surface area contributed by atoms with Crippen LogP contribution in [-0.4, -0.2) is 39.5 Å². The van der Waals surface area contributed by atoms with Crippen LogP contribution in [0.2, 0.25) is 0 Å². The summed E-state index contributed by atoms with van der Waals surface area (Å²) in [7, 11) is 1.35. The number of esters is 1. The number of nitrogens with two attached hydrogens (primary N) is 1. The highest BCUT2D eigenvalue weighted by Crippen LogP contribution is 2.38. The lowest BCUT2D eigenvalue weighted by atomic mass is 9.95. The maximum Gasteiger partial charge on any atom is 0.341 e. The number of nitrogens with zero attached hydrogens (tertiary/aromatic N) is 3. The molecule has 10 heteroatoms. The van der Waals surface area contributed by atoms with E-state index in [1.807, 2.05) is 6.92 Å². The second-order valence-electron chi connectivity index (χ2n) is 5.81. The van der Waals surface area contributed by atoms with E-state index in [1.54, 1.807) is 4.57 Å². The monoisotopic (exact) mass is 395 g/mol. The SMILES string of the molecule is CCSc1nnc(N)n1CC(=O)Nc1sc2c(c1C(=O)OC)CCCC2. The smallest absolute Gasteiger partial charge is 0.341 e. The predicted molar refractivity (Wildman–Crippen MR) is 102 cm³/mol. The first-order valence-corrected chi connectivity index (χ1v) is 10.2. The van der Waals surface area contributed by atoms with Crippen molar-refractivity contribution in [3.63, 3.8) is 0 Å². The van der Waals surface area contributed by atoms with Gasteiger partial charge in [-0.05, 0) is 37.0 Å². The minimum atomic E-state index is -0.411. The number of hydrogen-bond donors (Lipinski definition) is 2. The van der Waals surface area contributed by atoms with Crippen LogP contribution in [0.1, 0.15) is 40.6 Å². The first-order chi connectivity index (χ1) is 12.5. The Morgan fingerprint density at radius 1 is 1.35 bits per heavy atom. The number of rotatable bonds is 6. The van der Waals surface area contributed by atoms with Gasteiger partial charge in [-0.1, -0.05) is 18.7 Å². The number of aromatic nitrogens is 3. The number of thioether (sulfide) groups is 1. The van der Waals surface area contributed by atoms with Crippen LogP contribution in [0.5, 0.6) is 0 Å². The number of nitrogens with one attached hydrogen (secondary N) is 1. The quantitative estimate of drug-likeness (QED) is 0.570. The number of hydrogen-bond acceptors (Lipinski definition) is 8. The van der Waals surface area contributed by atoms with Crippen molar-refractivity contribution < 1.29 is 14.3 Å². The Kier molecular flexibility index (Phi) is 5.82. The van der Waals surface area contributed by atoms with Crippen molar-refractivity contribution in [2.24, 2.45) is 0 Å². The van der Waals surface area contributed by atoms with Crippen molar-refractivity contribution in [3.8, 4) is 0 Å². The van der Waals surface area contributed by atoms with E-state index in [4.69, 9.17) is 10.5 Å². The van der Waals surface area contributed by atoms with Gasteiger partial charge in [-0.25, -0.2) is 4.79 Å². The lowest BCUT2D eigenvalue weighted by Crippen LogP contribution is -2.21. The van der Waals surface area contributed by atoms with Crippen LogP contribution < -0.4 is 11.1 Å². The molecule has 1 aliphatic rings. The summed E-state index contributed by atoms with van der Waals surface area (Å²) in [5.41, 5.74) is 7.31. The van der Waals surface area contributed by atoms with Gasteiger partial charge >= 0.3 is 5.97 Å². The van der Waals surface area contributed by atoms with Crippen LogP contribution in [0.15, 0.2) is 5.16 Å². The van der Waals surface area contributed by atoms with Gasteiger partial charge < -0.3 is 15.8 Å². The minimum absolute atomic E-state index is 0.00958. The van der Waals surface area contributed by atoms with Crippen molar-refractivity contribution in [2.75, 3.05) is 23.9 Å². The van der Waals surface area contributed by atoms with Crippen molar-refractivity contribution in [2.45, 2.75) is 44.3 Å². The lowest BCUT2D eigenvalue weighted by molar-refractivity contribution is -0.116. The normalized spacial score (nSPS) is 13.3. The Morgan fingerprint density at radius 3 is 2.85 bits per heavy atom. The lowest BCUT2D eigenvalue weighted by Gasteiger charge is -2.12. The third-order valence-electron chi connectivity index (χ3n) is 4.13. The van der Waals surface area contributed by atoms with Crippen LogP contribution >= 0.6 is 23.1 Å². The van der Waals surface area contributed by atoms with Gasteiger partial charge in [0.15, 0.2) is 5.16 Å². The van der Waals surface area contributed by atoms with Gasteiger partial charge in [-0.15, -0.1) is 21.5 Å². The highest BCUT2D eigenvalue weighted by Gasteiger charge is 2.27. The number of nitrogen functional groups attached to an aromatic ring is 1. The van der Waals surface area contributed by atoms with E-state index in [-0.39, 0.29) is 18.4 Å². The molecule has 0 radical (unpaired) electrons. The van der Waals surface area contributed by atoms with Crippen molar-refractivity contribution in [1.29, 1.82) is 0 Å². The molecule has 0 saturated carbocycles. The topological polar surface area (TPSA) is 112 Å². The molecule has 3 rings (SSSR count). The molecule has 26 heavy (non-hydrogen) atoms. The molecule has 8 nitrogen and oxygen atoms in total. The fraction of sp³-hybridized carbons (Fsp3) is 0.500. The van der Waals surface area contributed by atoms with Gasteiger partial charge in [-0.2, -0.15) is 0 Å². The molecule has 140 valence electrons. The maximum atomic E-state index is 12.6. The van der Waals surface area contributed by atoms with E-state index >= 15 is 0 Å². The van der Waals surface area contributed by atoms with E-state index in [1.165, 1.54) is 30.2 Å². The zero-order valence-electron chi connectivity index (χ0n) is 14.7. The summed E-state index contributed by atoms with van der Waals surface area (Å²) in [6.45, 7) is 1.98. The Labute approximate surface area is 159 Å². The molecule has 0 aliphatic heterocycles. The molecule has 2 heterocycles. The first-order valence-electron chi connectivity index (χ1n) is 8.39. The molecule has 3 N–H and O–H groups in total. The number of methoxy groups -OCH3 is 1. The molecule has 1 aliphatic carbocycles. The Hall–Kier alpha value is -2.07. The number of fused-ring (bicyclic) bond motifs is 1. The van der Waals surface area contributed by atoms with Gasteiger partial charge in [0.05, 0.1) is 12.7 Å². The van der Waals surface area contributed by atoms with Crippen molar-refractivity contribution in [3.05, 3.63) is 16.0 Å². The molecule has 0 aromatic carbocycles. The Balaban J connectivity index is 1.83. The average Bonchev–Trinajstić information content (AvgIpc) is 3.16. The number of aryl methyl sites for hydroxylation is 1. The summed E-state index contributed by atoms with van der Waals surface area (Å²) in [4.78, 5) is 26.0. The molecule has 0 saturated heterocycles. The number of carbonyl (C=O) groups is 2. The predicted octanol–water partition coefficient (Wildman–Crippen LogP) is 2.34.